The van der Waals surface area contributed by atoms with Gasteiger partial charge in [0.2, 0.25) is 0 Å². The van der Waals surface area contributed by atoms with E-state index in [4.69, 9.17) is 28.9 Å². The van der Waals surface area contributed by atoms with Gasteiger partial charge in [0.15, 0.2) is 5.78 Å². The van der Waals surface area contributed by atoms with E-state index in [-0.39, 0.29) is 33.5 Å². The maximum Gasteiger partial charge on any atom is 0.173 e. The van der Waals surface area contributed by atoms with Crippen LogP contribution < -0.4 is 5.73 Å². The van der Waals surface area contributed by atoms with E-state index >= 15 is 0 Å². The molecule has 0 aliphatic heterocycles. The fourth-order valence-corrected chi connectivity index (χ4v) is 4.26. The van der Waals surface area contributed by atoms with Crippen LogP contribution in [0.5, 0.6) is 0 Å². The van der Waals surface area contributed by atoms with Crippen LogP contribution in [0.1, 0.15) is 27.0 Å². The number of anilines is 1. The highest BCUT2D eigenvalue weighted by atomic mass is 35.5. The zero-order chi connectivity index (χ0) is 21.8. The number of nitrogens with two attached hydrogens (primary N) is 1. The lowest BCUT2D eigenvalue weighted by Crippen LogP contribution is -2.06. The molecule has 8 heteroatoms. The van der Waals surface area contributed by atoms with E-state index in [2.05, 4.69) is 11.1 Å². The van der Waals surface area contributed by atoms with Crippen molar-refractivity contribution >= 4 is 46.6 Å². The molecular formula is C22H14Cl2N4OS. The minimum atomic E-state index is -0.227. The van der Waals surface area contributed by atoms with Gasteiger partial charge in [0.1, 0.15) is 28.5 Å². The summed E-state index contributed by atoms with van der Waals surface area (Å²) in [6.07, 6.45) is 0. The van der Waals surface area contributed by atoms with Crippen LogP contribution in [0.25, 0.3) is 11.1 Å². The van der Waals surface area contributed by atoms with Crippen molar-refractivity contribution in [2.75, 3.05) is 11.5 Å². The van der Waals surface area contributed by atoms with Gasteiger partial charge < -0.3 is 5.73 Å². The SMILES string of the molecule is Cc1ccc(-c2c(C#N)c(N)nc(SCC(=O)c3cc(Cl)cc(Cl)c3)c2C#N)cc1. The lowest BCUT2D eigenvalue weighted by Gasteiger charge is -2.13. The molecule has 30 heavy (non-hydrogen) atoms. The van der Waals surface area contributed by atoms with E-state index in [9.17, 15) is 15.3 Å². The van der Waals surface area contributed by atoms with Gasteiger partial charge in [-0.2, -0.15) is 10.5 Å². The maximum atomic E-state index is 12.6. The van der Waals surface area contributed by atoms with Gasteiger partial charge in [-0.05, 0) is 30.7 Å². The Labute approximate surface area is 188 Å². The lowest BCUT2D eigenvalue weighted by molar-refractivity contribution is 0.102. The number of aromatic nitrogens is 1. The number of pyridine rings is 1. The zero-order valence-corrected chi connectivity index (χ0v) is 18.1. The second-order valence-corrected chi connectivity index (χ2v) is 8.22. The van der Waals surface area contributed by atoms with Crippen molar-refractivity contribution in [3.8, 4) is 23.3 Å². The first kappa shape index (κ1) is 21.7. The minimum absolute atomic E-state index is 0.00295. The minimum Gasteiger partial charge on any atom is -0.383 e. The number of halogens is 2. The number of rotatable bonds is 5. The molecule has 3 aromatic rings. The molecule has 0 atom stereocenters. The number of carbonyl (C=O) groups is 1. The summed E-state index contributed by atoms with van der Waals surface area (Å²) in [6.45, 7) is 1.94. The van der Waals surface area contributed by atoms with Gasteiger partial charge in [-0.1, -0.05) is 64.8 Å². The molecule has 2 N–H and O–H groups in total. The van der Waals surface area contributed by atoms with Crippen LogP contribution in [-0.2, 0) is 0 Å². The number of hydrogen-bond donors (Lipinski definition) is 1. The molecule has 0 aliphatic carbocycles. The van der Waals surface area contributed by atoms with Crippen LogP contribution in [-0.4, -0.2) is 16.5 Å². The number of Topliss-reactive ketones (excluding diaryl/α,β-unsaturated/α-hetero) is 1. The summed E-state index contributed by atoms with van der Waals surface area (Å²) in [7, 11) is 0. The highest BCUT2D eigenvalue weighted by Crippen LogP contribution is 2.36. The molecular weight excluding hydrogens is 439 g/mol. The standard InChI is InChI=1S/C22H14Cl2N4OS/c1-12-2-4-13(5-3-12)20-17(9-25)21(27)28-22(18(20)10-26)30-11-19(29)14-6-15(23)8-16(24)7-14/h2-8H,11H2,1H3,(H2,27,28). The number of ketones is 1. The average Bonchev–Trinajstić information content (AvgIpc) is 2.71. The van der Waals surface area contributed by atoms with Crippen molar-refractivity contribution in [3.05, 3.63) is 74.8 Å². The smallest absolute Gasteiger partial charge is 0.173 e. The number of nitrogens with zero attached hydrogens (tertiary/aromatic N) is 3. The Morgan fingerprint density at radius 3 is 2.23 bits per heavy atom. The Kier molecular flexibility index (Phi) is 6.64. The summed E-state index contributed by atoms with van der Waals surface area (Å²) in [5.74, 6) is -0.223. The molecule has 1 heterocycles. The molecule has 5 nitrogen and oxygen atoms in total. The van der Waals surface area contributed by atoms with Gasteiger partial charge in [0, 0.05) is 21.2 Å². The Hall–Kier alpha value is -3.03. The van der Waals surface area contributed by atoms with E-state index in [0.717, 1.165) is 17.3 Å². The quantitative estimate of drug-likeness (QED) is 0.395. The van der Waals surface area contributed by atoms with Crippen molar-refractivity contribution < 1.29 is 4.79 Å². The Bertz CT molecular complexity index is 1210. The molecule has 148 valence electrons. The third-order valence-corrected chi connectivity index (χ3v) is 5.69. The molecule has 2 aromatic carbocycles. The van der Waals surface area contributed by atoms with Crippen LogP contribution in [0, 0.1) is 29.6 Å². The molecule has 0 amide bonds. The second-order valence-electron chi connectivity index (χ2n) is 6.39. The third-order valence-electron chi connectivity index (χ3n) is 4.28. The fourth-order valence-electron chi connectivity index (χ4n) is 2.84. The second kappa shape index (κ2) is 9.19. The van der Waals surface area contributed by atoms with Gasteiger partial charge in [0.25, 0.3) is 0 Å². The van der Waals surface area contributed by atoms with E-state index in [1.165, 1.54) is 18.2 Å². The molecule has 3 rings (SSSR count). The number of hydrogen-bond acceptors (Lipinski definition) is 6. The lowest BCUT2D eigenvalue weighted by atomic mass is 9.96. The zero-order valence-electron chi connectivity index (χ0n) is 15.7. The Morgan fingerprint density at radius 1 is 1.07 bits per heavy atom. The molecule has 0 saturated heterocycles. The van der Waals surface area contributed by atoms with Crippen molar-refractivity contribution in [1.29, 1.82) is 10.5 Å². The number of benzene rings is 2. The third kappa shape index (κ3) is 4.58. The summed E-state index contributed by atoms with van der Waals surface area (Å²) in [4.78, 5) is 16.8. The summed E-state index contributed by atoms with van der Waals surface area (Å²) < 4.78 is 0. The first-order valence-corrected chi connectivity index (χ1v) is 10.4. The predicted molar refractivity (Wildman–Crippen MR) is 120 cm³/mol. The number of aryl methyl sites for hydroxylation is 1. The van der Waals surface area contributed by atoms with Crippen LogP contribution in [0.3, 0.4) is 0 Å². The molecule has 0 spiro atoms. The number of nitriles is 2. The van der Waals surface area contributed by atoms with E-state index in [1.807, 2.05) is 37.3 Å². The maximum absolute atomic E-state index is 12.6. The summed E-state index contributed by atoms with van der Waals surface area (Å²) in [5.41, 5.74) is 8.83. The van der Waals surface area contributed by atoms with E-state index < -0.39 is 0 Å². The average molecular weight is 453 g/mol. The largest absolute Gasteiger partial charge is 0.383 e. The van der Waals surface area contributed by atoms with Crippen molar-refractivity contribution in [2.24, 2.45) is 0 Å². The van der Waals surface area contributed by atoms with Crippen molar-refractivity contribution in [3.63, 3.8) is 0 Å². The van der Waals surface area contributed by atoms with Crippen LogP contribution in [0.4, 0.5) is 5.82 Å². The first-order valence-electron chi connectivity index (χ1n) is 8.66. The summed E-state index contributed by atoms with van der Waals surface area (Å²) in [5, 5.41) is 20.4. The highest BCUT2D eigenvalue weighted by Gasteiger charge is 2.21. The van der Waals surface area contributed by atoms with Crippen LogP contribution >= 0.6 is 35.0 Å². The van der Waals surface area contributed by atoms with E-state index in [1.54, 1.807) is 0 Å². The Balaban J connectivity index is 2.01. The topological polar surface area (TPSA) is 104 Å². The number of nitrogen functional groups attached to an aromatic ring is 1. The molecule has 0 radical (unpaired) electrons. The van der Waals surface area contributed by atoms with Gasteiger partial charge in [0.05, 0.1) is 11.3 Å². The molecule has 0 bridgehead atoms. The summed E-state index contributed by atoms with van der Waals surface area (Å²) in [6, 6.07) is 16.2. The van der Waals surface area contributed by atoms with Gasteiger partial charge in [-0.25, -0.2) is 4.98 Å². The Morgan fingerprint density at radius 2 is 1.67 bits per heavy atom. The molecule has 1 aromatic heterocycles. The fraction of sp³-hybridized carbons (Fsp3) is 0.0909. The molecule has 0 unspecified atom stereocenters. The van der Waals surface area contributed by atoms with Crippen molar-refractivity contribution in [2.45, 2.75) is 11.9 Å². The number of thioether (sulfide) groups is 1. The van der Waals surface area contributed by atoms with Crippen LogP contribution in [0.15, 0.2) is 47.5 Å². The molecule has 0 fully saturated rings. The van der Waals surface area contributed by atoms with Gasteiger partial charge in [-0.15, -0.1) is 0 Å². The van der Waals surface area contributed by atoms with Crippen molar-refractivity contribution in [1.82, 2.24) is 4.98 Å². The highest BCUT2D eigenvalue weighted by molar-refractivity contribution is 8.00. The monoisotopic (exact) mass is 452 g/mol. The van der Waals surface area contributed by atoms with Gasteiger partial charge >= 0.3 is 0 Å². The molecule has 0 aliphatic rings. The van der Waals surface area contributed by atoms with Gasteiger partial charge in [-0.3, -0.25) is 4.79 Å². The van der Waals surface area contributed by atoms with E-state index in [0.29, 0.717) is 26.7 Å². The summed E-state index contributed by atoms with van der Waals surface area (Å²) >= 11 is 13.0. The number of carbonyl (C=O) groups excluding carboxylic acids is 1. The normalized spacial score (nSPS) is 10.3. The molecule has 0 saturated carbocycles. The van der Waals surface area contributed by atoms with Crippen LogP contribution in [0.2, 0.25) is 10.0 Å². The predicted octanol–water partition coefficient (Wildman–Crippen LogP) is 5.66. The first-order chi connectivity index (χ1) is 14.3.